The predicted molar refractivity (Wildman–Crippen MR) is 99.0 cm³/mol. The van der Waals surface area contributed by atoms with Gasteiger partial charge >= 0.3 is 11.9 Å². The number of aromatic carboxylic acids is 1. The van der Waals surface area contributed by atoms with E-state index in [2.05, 4.69) is 5.32 Å². The number of aliphatic hydroxyl groups is 1. The number of carbonyl (C=O) groups is 3. The maximum absolute atomic E-state index is 12.5. The molecular weight excluding hydrogens is 459 g/mol. The van der Waals surface area contributed by atoms with E-state index in [1.807, 2.05) is 22.6 Å². The lowest BCUT2D eigenvalue weighted by Crippen LogP contribution is -2.31. The van der Waals surface area contributed by atoms with Gasteiger partial charge in [0, 0.05) is 16.2 Å². The number of esters is 1. The molecule has 1 aliphatic rings. The first kappa shape index (κ1) is 20.0. The molecule has 0 fully saturated rings. The van der Waals surface area contributed by atoms with Gasteiger partial charge in [0.15, 0.2) is 0 Å². The minimum Gasteiger partial charge on any atom is -0.496 e. The summed E-state index contributed by atoms with van der Waals surface area (Å²) >= 11 is 1.92. The Bertz CT molecular complexity index is 791. The predicted octanol–water partition coefficient (Wildman–Crippen LogP) is 0.671. The maximum Gasteiger partial charge on any atom is 0.339 e. The van der Waals surface area contributed by atoms with Crippen LogP contribution in [0.1, 0.15) is 10.4 Å². The van der Waals surface area contributed by atoms with E-state index >= 15 is 0 Å². The van der Waals surface area contributed by atoms with Gasteiger partial charge in [0.05, 0.1) is 38.6 Å². The number of hydrogen-bond acceptors (Lipinski definition) is 7. The van der Waals surface area contributed by atoms with Crippen LogP contribution in [0.2, 0.25) is 0 Å². The third-order valence-electron chi connectivity index (χ3n) is 3.73. The van der Waals surface area contributed by atoms with Crippen LogP contribution in [0.25, 0.3) is 0 Å². The minimum absolute atomic E-state index is 0.00925. The van der Waals surface area contributed by atoms with Crippen LogP contribution in [0.4, 0.5) is 5.69 Å². The average Bonchev–Trinajstić information content (AvgIpc) is 2.92. The molecule has 2 rings (SSSR count). The third-order valence-corrected chi connectivity index (χ3v) is 4.63. The highest BCUT2D eigenvalue weighted by Gasteiger charge is 2.34. The van der Waals surface area contributed by atoms with Gasteiger partial charge in [-0.1, -0.05) is 0 Å². The Hall–Kier alpha value is -2.34. The van der Waals surface area contributed by atoms with Crippen molar-refractivity contribution in [1.82, 2.24) is 4.90 Å². The van der Waals surface area contributed by atoms with Crippen LogP contribution >= 0.6 is 22.6 Å². The third kappa shape index (κ3) is 3.90. The molecule has 1 heterocycles. The quantitative estimate of drug-likeness (QED) is 0.388. The highest BCUT2D eigenvalue weighted by atomic mass is 127. The van der Waals surface area contributed by atoms with Crippen molar-refractivity contribution in [1.29, 1.82) is 0 Å². The Morgan fingerprint density at radius 3 is 2.58 bits per heavy atom. The van der Waals surface area contributed by atoms with Crippen LogP contribution in [0.15, 0.2) is 23.4 Å². The molecule has 1 aromatic carbocycles. The summed E-state index contributed by atoms with van der Waals surface area (Å²) in [6.07, 6.45) is 0. The van der Waals surface area contributed by atoms with E-state index in [1.54, 1.807) is 0 Å². The molecule has 0 saturated heterocycles. The first-order valence-corrected chi connectivity index (χ1v) is 8.51. The summed E-state index contributed by atoms with van der Waals surface area (Å²) in [6.45, 7) is -0.162. The van der Waals surface area contributed by atoms with E-state index < -0.39 is 17.8 Å². The molecule has 0 atom stereocenters. The fourth-order valence-electron chi connectivity index (χ4n) is 2.47. The summed E-state index contributed by atoms with van der Waals surface area (Å²) in [7, 11) is 2.54. The van der Waals surface area contributed by atoms with E-state index in [9.17, 15) is 19.5 Å². The summed E-state index contributed by atoms with van der Waals surface area (Å²) < 4.78 is 10.3. The fraction of sp³-hybridized carbons (Fsp3) is 0.312. The molecule has 0 radical (unpaired) electrons. The molecule has 26 heavy (non-hydrogen) atoms. The number of amides is 1. The second kappa shape index (κ2) is 8.36. The monoisotopic (exact) mass is 476 g/mol. The van der Waals surface area contributed by atoms with Crippen LogP contribution in [0.5, 0.6) is 5.75 Å². The molecule has 1 amide bonds. The average molecular weight is 476 g/mol. The van der Waals surface area contributed by atoms with Crippen molar-refractivity contribution in [3.8, 4) is 5.75 Å². The van der Waals surface area contributed by atoms with E-state index in [-0.39, 0.29) is 42.3 Å². The minimum atomic E-state index is -1.15. The highest BCUT2D eigenvalue weighted by Crippen LogP contribution is 2.31. The number of β-amino-alcohol motifs (C(OH)–C–C–N with tert-alkyl or cyclic N) is 1. The molecule has 0 saturated carbocycles. The number of methoxy groups -OCH3 is 2. The molecule has 0 unspecified atom stereocenters. The van der Waals surface area contributed by atoms with Crippen molar-refractivity contribution in [2.45, 2.75) is 0 Å². The van der Waals surface area contributed by atoms with Crippen LogP contribution in [-0.2, 0) is 14.3 Å². The smallest absolute Gasteiger partial charge is 0.339 e. The van der Waals surface area contributed by atoms with Crippen molar-refractivity contribution >= 4 is 46.1 Å². The number of hydrogen-bond donors (Lipinski definition) is 3. The van der Waals surface area contributed by atoms with Gasteiger partial charge in [-0.3, -0.25) is 4.79 Å². The zero-order chi connectivity index (χ0) is 19.4. The van der Waals surface area contributed by atoms with Crippen molar-refractivity contribution < 1.29 is 34.1 Å². The number of carboxylic acid groups (broad SMARTS) is 1. The number of anilines is 1. The number of halogens is 1. The van der Waals surface area contributed by atoms with E-state index in [0.717, 1.165) is 0 Å². The van der Waals surface area contributed by atoms with Crippen molar-refractivity contribution in [2.24, 2.45) is 0 Å². The Morgan fingerprint density at radius 1 is 1.35 bits per heavy atom. The zero-order valence-electron chi connectivity index (χ0n) is 14.0. The van der Waals surface area contributed by atoms with Gasteiger partial charge in [0.2, 0.25) is 0 Å². The summed E-state index contributed by atoms with van der Waals surface area (Å²) in [4.78, 5) is 37.1. The first-order chi connectivity index (χ1) is 12.3. The molecule has 0 aliphatic carbocycles. The molecule has 1 aliphatic heterocycles. The van der Waals surface area contributed by atoms with Crippen LogP contribution in [-0.4, -0.2) is 66.9 Å². The summed E-state index contributed by atoms with van der Waals surface area (Å²) in [5, 5.41) is 21.2. The van der Waals surface area contributed by atoms with Gasteiger partial charge in [-0.25, -0.2) is 9.59 Å². The van der Waals surface area contributed by atoms with Gasteiger partial charge in [-0.05, 0) is 28.7 Å². The fourth-order valence-corrected chi connectivity index (χ4v) is 3.07. The normalized spacial score (nSPS) is 13.8. The lowest BCUT2D eigenvalue weighted by Gasteiger charge is -2.16. The number of ether oxygens (including phenoxy) is 2. The van der Waals surface area contributed by atoms with Crippen molar-refractivity contribution in [2.75, 3.05) is 39.2 Å². The van der Waals surface area contributed by atoms with E-state index in [1.165, 1.54) is 31.3 Å². The second-order valence-electron chi connectivity index (χ2n) is 5.26. The van der Waals surface area contributed by atoms with Gasteiger partial charge < -0.3 is 29.9 Å². The molecule has 9 nitrogen and oxygen atoms in total. The number of aliphatic hydroxyl groups excluding tert-OH is 1. The van der Waals surface area contributed by atoms with Crippen molar-refractivity contribution in [3.05, 3.63) is 32.5 Å². The molecule has 0 spiro atoms. The lowest BCUT2D eigenvalue weighted by atomic mass is 10.1. The molecule has 140 valence electrons. The maximum atomic E-state index is 12.5. The number of nitrogens with zero attached hydrogens (tertiary/aromatic N) is 1. The summed E-state index contributed by atoms with van der Waals surface area (Å²) in [5.74, 6) is -2.16. The summed E-state index contributed by atoms with van der Waals surface area (Å²) in [5.41, 5.74) is 0.531. The number of carbonyl (C=O) groups excluding carboxylic acids is 2. The Kier molecular flexibility index (Phi) is 6.42. The van der Waals surface area contributed by atoms with Crippen LogP contribution < -0.4 is 10.1 Å². The molecule has 0 aromatic heterocycles. The second-order valence-corrected chi connectivity index (χ2v) is 6.42. The topological polar surface area (TPSA) is 125 Å². The standard InChI is InChI=1S/C16H17IN2O7/c1-25-12-6-11(10(17)5-8(12)15(22)23)18-13-9(16(24)26-2)7-19(3-4-20)14(13)21/h5-6,18,20H,3-4,7H2,1-2H3,(H,22,23). The molecule has 0 bridgehead atoms. The zero-order valence-corrected chi connectivity index (χ0v) is 16.2. The first-order valence-electron chi connectivity index (χ1n) is 7.43. The van der Waals surface area contributed by atoms with E-state index in [4.69, 9.17) is 14.6 Å². The van der Waals surface area contributed by atoms with Gasteiger partial charge in [-0.2, -0.15) is 0 Å². The van der Waals surface area contributed by atoms with E-state index in [0.29, 0.717) is 9.26 Å². The molecular formula is C16H17IN2O7. The number of rotatable bonds is 7. The summed E-state index contributed by atoms with van der Waals surface area (Å²) in [6, 6.07) is 2.84. The molecule has 1 aromatic rings. The van der Waals surface area contributed by atoms with Gasteiger partial charge in [0.25, 0.3) is 5.91 Å². The molecule has 10 heteroatoms. The molecule has 3 N–H and O–H groups in total. The largest absolute Gasteiger partial charge is 0.496 e. The Morgan fingerprint density at radius 2 is 2.04 bits per heavy atom. The number of nitrogens with one attached hydrogen (secondary N) is 1. The SMILES string of the molecule is COC(=O)C1=C(Nc2cc(OC)c(C(=O)O)cc2I)C(=O)N(CCO)C1. The Labute approximate surface area is 162 Å². The van der Waals surface area contributed by atoms with Crippen LogP contribution in [0.3, 0.4) is 0 Å². The number of carboxylic acids is 1. The highest BCUT2D eigenvalue weighted by molar-refractivity contribution is 14.1. The van der Waals surface area contributed by atoms with Gasteiger partial charge in [0.1, 0.15) is 17.0 Å². The lowest BCUT2D eigenvalue weighted by molar-refractivity contribution is -0.136. The van der Waals surface area contributed by atoms with Crippen molar-refractivity contribution in [3.63, 3.8) is 0 Å². The van der Waals surface area contributed by atoms with Gasteiger partial charge in [-0.15, -0.1) is 0 Å². The number of benzene rings is 1. The Balaban J connectivity index is 2.45. The van der Waals surface area contributed by atoms with Crippen LogP contribution in [0, 0.1) is 3.57 Å².